The fraction of sp³-hybridized carbons (Fsp3) is 0.947. The summed E-state index contributed by atoms with van der Waals surface area (Å²) >= 11 is 0. The van der Waals surface area contributed by atoms with Gasteiger partial charge >= 0.3 is 39.5 Å². The van der Waals surface area contributed by atoms with Crippen LogP contribution in [0.4, 0.5) is 0 Å². The van der Waals surface area contributed by atoms with Crippen LogP contribution >= 0.6 is 15.6 Å². The van der Waals surface area contributed by atoms with Crippen LogP contribution in [0.5, 0.6) is 0 Å². The van der Waals surface area contributed by atoms with E-state index in [2.05, 4.69) is 55.4 Å². The van der Waals surface area contributed by atoms with Crippen molar-refractivity contribution >= 4 is 39.5 Å². The number of phosphoric acid groups is 2. The number of ether oxygens (including phenoxy) is 4. The number of aliphatic hydroxyl groups is 1. The van der Waals surface area contributed by atoms with Gasteiger partial charge in [0.2, 0.25) is 0 Å². The quantitative estimate of drug-likeness (QED) is 0.0222. The summed E-state index contributed by atoms with van der Waals surface area (Å²) in [5, 5.41) is 10.6. The van der Waals surface area contributed by atoms with Crippen molar-refractivity contribution in [2.24, 2.45) is 23.7 Å². The highest BCUT2D eigenvalue weighted by molar-refractivity contribution is 7.47. The van der Waals surface area contributed by atoms with E-state index >= 15 is 0 Å². The van der Waals surface area contributed by atoms with Crippen molar-refractivity contribution in [1.82, 2.24) is 0 Å². The Morgan fingerprint density at radius 1 is 0.295 bits per heavy atom. The van der Waals surface area contributed by atoms with Crippen LogP contribution in [0.2, 0.25) is 0 Å². The summed E-state index contributed by atoms with van der Waals surface area (Å²) in [5.74, 6) is 0.964. The smallest absolute Gasteiger partial charge is 0.462 e. The average Bonchev–Trinajstić information content (AvgIpc) is 1.85. The van der Waals surface area contributed by atoms with Gasteiger partial charge in [0.05, 0.1) is 26.4 Å². The van der Waals surface area contributed by atoms with Gasteiger partial charge in [-0.25, -0.2) is 9.13 Å². The Morgan fingerprint density at radius 3 is 0.747 bits per heavy atom. The van der Waals surface area contributed by atoms with E-state index in [9.17, 15) is 43.2 Å². The Kier molecular flexibility index (Phi) is 64.0. The molecule has 0 aliphatic heterocycles. The van der Waals surface area contributed by atoms with Crippen molar-refractivity contribution in [1.29, 1.82) is 0 Å². The zero-order valence-corrected chi connectivity index (χ0v) is 64.1. The van der Waals surface area contributed by atoms with Gasteiger partial charge in [-0.05, 0) is 49.4 Å². The van der Waals surface area contributed by atoms with Crippen LogP contribution in [0.15, 0.2) is 0 Å². The number of unbranched alkanes of at least 4 members (excludes halogenated alkanes) is 37. The molecule has 0 saturated heterocycles. The molecular formula is C76H148O17P2. The second kappa shape index (κ2) is 65.4. The molecule has 7 atom stereocenters. The predicted molar refractivity (Wildman–Crippen MR) is 386 cm³/mol. The molecule has 0 rings (SSSR count). The largest absolute Gasteiger partial charge is 0.472 e. The van der Waals surface area contributed by atoms with Gasteiger partial charge in [0, 0.05) is 25.7 Å². The molecule has 17 nitrogen and oxygen atoms in total. The number of aliphatic hydroxyl groups excluding tert-OH is 1. The minimum atomic E-state index is -4.96. The summed E-state index contributed by atoms with van der Waals surface area (Å²) in [7, 11) is -9.91. The summed E-state index contributed by atoms with van der Waals surface area (Å²) in [6.07, 6.45) is 49.9. The maximum absolute atomic E-state index is 13.1. The molecule has 4 unspecified atom stereocenters. The van der Waals surface area contributed by atoms with E-state index in [1.807, 2.05) is 0 Å². The third-order valence-electron chi connectivity index (χ3n) is 18.3. The Bertz CT molecular complexity index is 1870. The number of rotatable bonds is 73. The van der Waals surface area contributed by atoms with E-state index in [1.54, 1.807) is 0 Å². The van der Waals surface area contributed by atoms with Gasteiger partial charge in [-0.3, -0.25) is 37.3 Å². The standard InChI is InChI=1S/C76H148O17P2/c1-9-68(7)54-46-38-30-26-27-33-43-51-59-76(81)93-71(62-86-73(78)56-48-40-31-24-20-17-13-15-19-23-29-37-45-53-67(5)6)64-90-94(82,83)88-60-70(77)61-89-95(84,85)91-65-72(63-87-74(79)57-49-41-35-34-39-47-55-69(8)10-2)92-75(80)58-50-42-32-25-21-16-12-11-14-18-22-28-36-44-52-66(3)4/h66-72,77H,9-65H2,1-8H3,(H,82,83)(H,84,85)/t68?,69?,70-,71-,72-/m1/s1. The Hall–Kier alpha value is -1.94. The zero-order chi connectivity index (χ0) is 70.3. The highest BCUT2D eigenvalue weighted by Crippen LogP contribution is 2.45. The first-order chi connectivity index (χ1) is 45.7. The second-order valence-corrected chi connectivity index (χ2v) is 31.7. The normalized spacial score (nSPS) is 14.7. The summed E-state index contributed by atoms with van der Waals surface area (Å²) < 4.78 is 68.5. The van der Waals surface area contributed by atoms with E-state index in [1.165, 1.54) is 180 Å². The Balaban J connectivity index is 5.24. The molecule has 19 heteroatoms. The molecule has 0 fully saturated rings. The highest BCUT2D eigenvalue weighted by Gasteiger charge is 2.30. The highest BCUT2D eigenvalue weighted by atomic mass is 31.2. The lowest BCUT2D eigenvalue weighted by Gasteiger charge is -2.21. The molecule has 95 heavy (non-hydrogen) atoms. The molecule has 0 spiro atoms. The van der Waals surface area contributed by atoms with Gasteiger partial charge in [0.15, 0.2) is 12.2 Å². The van der Waals surface area contributed by atoms with Crippen molar-refractivity contribution < 1.29 is 80.2 Å². The first kappa shape index (κ1) is 93.1. The maximum atomic E-state index is 13.1. The molecule has 0 aromatic carbocycles. The Labute approximate surface area is 581 Å². The maximum Gasteiger partial charge on any atom is 0.472 e. The first-order valence-corrected chi connectivity index (χ1v) is 42.3. The van der Waals surface area contributed by atoms with Gasteiger partial charge in [-0.15, -0.1) is 0 Å². The minimum Gasteiger partial charge on any atom is -0.462 e. The fourth-order valence-electron chi connectivity index (χ4n) is 11.5. The summed E-state index contributed by atoms with van der Waals surface area (Å²) in [6, 6.07) is 0. The van der Waals surface area contributed by atoms with Crippen LogP contribution in [-0.4, -0.2) is 96.7 Å². The average molecular weight is 1400 g/mol. The lowest BCUT2D eigenvalue weighted by Crippen LogP contribution is -2.30. The summed E-state index contributed by atoms with van der Waals surface area (Å²) in [4.78, 5) is 72.8. The van der Waals surface area contributed by atoms with Crippen molar-refractivity contribution in [2.45, 2.75) is 401 Å². The molecule has 0 aromatic rings. The molecule has 0 aliphatic carbocycles. The van der Waals surface area contributed by atoms with E-state index in [0.717, 1.165) is 120 Å². The molecule has 0 radical (unpaired) electrons. The number of hydrogen-bond donors (Lipinski definition) is 3. The third-order valence-corrected chi connectivity index (χ3v) is 20.2. The Morgan fingerprint density at radius 2 is 0.505 bits per heavy atom. The lowest BCUT2D eigenvalue weighted by atomic mass is 9.99. The van der Waals surface area contributed by atoms with Crippen LogP contribution in [0.3, 0.4) is 0 Å². The van der Waals surface area contributed by atoms with E-state index < -0.39 is 97.5 Å². The minimum absolute atomic E-state index is 0.105. The van der Waals surface area contributed by atoms with Crippen molar-refractivity contribution in [3.05, 3.63) is 0 Å². The number of phosphoric ester groups is 2. The zero-order valence-electron chi connectivity index (χ0n) is 62.3. The van der Waals surface area contributed by atoms with Crippen molar-refractivity contribution in [3.8, 4) is 0 Å². The van der Waals surface area contributed by atoms with Gasteiger partial charge in [-0.2, -0.15) is 0 Å². The number of carbonyl (C=O) groups excluding carboxylic acids is 4. The third kappa shape index (κ3) is 67.6. The van der Waals surface area contributed by atoms with Gasteiger partial charge in [0.25, 0.3) is 0 Å². The topological polar surface area (TPSA) is 237 Å². The predicted octanol–water partition coefficient (Wildman–Crippen LogP) is 22.0. The molecule has 3 N–H and O–H groups in total. The molecule has 0 saturated carbocycles. The molecule has 0 amide bonds. The lowest BCUT2D eigenvalue weighted by molar-refractivity contribution is -0.161. The van der Waals surface area contributed by atoms with Crippen molar-refractivity contribution in [3.63, 3.8) is 0 Å². The van der Waals surface area contributed by atoms with E-state index in [0.29, 0.717) is 25.7 Å². The molecule has 0 bridgehead atoms. The fourth-order valence-corrected chi connectivity index (χ4v) is 13.1. The molecule has 564 valence electrons. The van der Waals surface area contributed by atoms with Gasteiger partial charge < -0.3 is 33.8 Å². The second-order valence-electron chi connectivity index (χ2n) is 28.8. The van der Waals surface area contributed by atoms with Gasteiger partial charge in [0.1, 0.15) is 19.3 Å². The first-order valence-electron chi connectivity index (χ1n) is 39.3. The van der Waals surface area contributed by atoms with E-state index in [-0.39, 0.29) is 25.7 Å². The number of carbonyl (C=O) groups is 4. The monoisotopic (exact) mass is 1400 g/mol. The van der Waals surface area contributed by atoms with Crippen LogP contribution in [0.25, 0.3) is 0 Å². The van der Waals surface area contributed by atoms with Crippen molar-refractivity contribution in [2.75, 3.05) is 39.6 Å². The van der Waals surface area contributed by atoms with E-state index in [4.69, 9.17) is 37.0 Å². The van der Waals surface area contributed by atoms with Crippen LogP contribution < -0.4 is 0 Å². The van der Waals surface area contributed by atoms with Gasteiger partial charge in [-0.1, -0.05) is 331 Å². The molecular weight excluding hydrogens is 1250 g/mol. The SMILES string of the molecule is CCC(C)CCCCCCCCCCC(=O)O[C@H](COC(=O)CCCCCCCCCCCCCCCC(C)C)COP(=O)(O)OC[C@@H](O)COP(=O)(O)OC[C@@H](COC(=O)CCCCCCCCC(C)CC)OC(=O)CCCCCCCCCCCCCCCCC(C)C. The van der Waals surface area contributed by atoms with Crippen LogP contribution in [0, 0.1) is 23.7 Å². The number of esters is 4. The molecule has 0 aliphatic rings. The molecule has 0 aromatic heterocycles. The van der Waals surface area contributed by atoms with Crippen LogP contribution in [-0.2, 0) is 65.4 Å². The number of hydrogen-bond acceptors (Lipinski definition) is 15. The molecule has 0 heterocycles. The summed E-state index contributed by atoms with van der Waals surface area (Å²) in [6.45, 7) is 14.2. The summed E-state index contributed by atoms with van der Waals surface area (Å²) in [5.41, 5.74) is 0. The van der Waals surface area contributed by atoms with Crippen LogP contribution in [0.1, 0.15) is 383 Å².